The third-order valence-electron chi connectivity index (χ3n) is 5.32. The monoisotopic (exact) mass is 446 g/mol. The molecule has 0 saturated carbocycles. The number of benzene rings is 1. The number of hydrogen-bond donors (Lipinski definition) is 0. The van der Waals surface area contributed by atoms with Crippen LogP contribution in [0.15, 0.2) is 29.2 Å². The zero-order valence-corrected chi connectivity index (χ0v) is 17.5. The van der Waals surface area contributed by atoms with Crippen LogP contribution in [-0.2, 0) is 9.47 Å². The molecule has 3 rings (SSSR count). The van der Waals surface area contributed by atoms with Crippen molar-refractivity contribution in [2.24, 2.45) is 0 Å². The topological polar surface area (TPSA) is 42.0 Å². The van der Waals surface area contributed by atoms with Crippen LogP contribution in [0.25, 0.3) is 0 Å². The van der Waals surface area contributed by atoms with Crippen LogP contribution < -0.4 is 4.90 Å². The fourth-order valence-corrected chi connectivity index (χ4v) is 4.58. The van der Waals surface area contributed by atoms with Crippen LogP contribution in [0.1, 0.15) is 25.7 Å². The fraction of sp³-hybridized carbons (Fsp3) is 0.611. The third-order valence-corrected chi connectivity index (χ3v) is 6.47. The highest BCUT2D eigenvalue weighted by Gasteiger charge is 2.65. The summed E-state index contributed by atoms with van der Waals surface area (Å²) in [6, 6.07) is 2.35. The van der Waals surface area contributed by atoms with Gasteiger partial charge in [-0.25, -0.2) is 4.79 Å². The molecule has 1 aromatic rings. The van der Waals surface area contributed by atoms with E-state index in [2.05, 4.69) is 9.64 Å². The molecule has 2 heterocycles. The molecule has 0 spiro atoms. The van der Waals surface area contributed by atoms with Crippen molar-refractivity contribution < 1.29 is 33.7 Å². The van der Waals surface area contributed by atoms with Gasteiger partial charge in [-0.1, -0.05) is 25.5 Å². The number of hydrogen-bond acceptors (Lipinski definition) is 4. The average molecular weight is 446 g/mol. The van der Waals surface area contributed by atoms with Gasteiger partial charge < -0.3 is 9.47 Å². The second-order valence-electron chi connectivity index (χ2n) is 7.35. The highest BCUT2D eigenvalue weighted by atomic mass is 32.5. The predicted molar refractivity (Wildman–Crippen MR) is 103 cm³/mol. The molecule has 2 saturated heterocycles. The molecule has 0 radical (unpaired) electrons. The quantitative estimate of drug-likeness (QED) is 0.548. The van der Waals surface area contributed by atoms with Gasteiger partial charge in [0, 0.05) is 25.4 Å². The van der Waals surface area contributed by atoms with Crippen LogP contribution >= 0.6 is 10.2 Å². The van der Waals surface area contributed by atoms with Crippen molar-refractivity contribution in [3.05, 3.63) is 24.3 Å². The van der Waals surface area contributed by atoms with E-state index in [1.54, 1.807) is 0 Å². The van der Waals surface area contributed by atoms with Crippen LogP contribution in [-0.4, -0.2) is 57.5 Å². The molecule has 0 aromatic heterocycles. The van der Waals surface area contributed by atoms with E-state index in [1.165, 1.54) is 38.8 Å². The maximum Gasteiger partial charge on any atom is 0.413 e. The molecule has 1 amide bonds. The van der Waals surface area contributed by atoms with Crippen molar-refractivity contribution in [3.63, 3.8) is 0 Å². The first kappa shape index (κ1) is 23.7. The lowest BCUT2D eigenvalue weighted by molar-refractivity contribution is 0.0655. The molecule has 0 aliphatic carbocycles. The SMILES string of the molecule is COC(=O)N(C)c1cccc(S(F)(F)(F)(F)F)c1.COCC12CCCN1CCC2. The Labute approximate surface area is 167 Å². The van der Waals surface area contributed by atoms with E-state index in [0.29, 0.717) is 10.4 Å². The van der Waals surface area contributed by atoms with E-state index in [9.17, 15) is 24.2 Å². The number of rotatable bonds is 4. The van der Waals surface area contributed by atoms with Gasteiger partial charge in [-0.15, -0.1) is 0 Å². The summed E-state index contributed by atoms with van der Waals surface area (Å²) in [6.45, 7) is 3.57. The molecule has 0 N–H and O–H groups in total. The lowest BCUT2D eigenvalue weighted by Gasteiger charge is -2.40. The van der Waals surface area contributed by atoms with E-state index < -0.39 is 21.2 Å². The molecule has 5 nitrogen and oxygen atoms in total. The van der Waals surface area contributed by atoms with Crippen molar-refractivity contribution in [2.75, 3.05) is 45.9 Å². The Hall–Kier alpha value is -1.59. The van der Waals surface area contributed by atoms with Crippen LogP contribution in [0.2, 0.25) is 0 Å². The zero-order valence-electron chi connectivity index (χ0n) is 16.7. The van der Waals surface area contributed by atoms with Crippen molar-refractivity contribution in [1.82, 2.24) is 4.90 Å². The van der Waals surface area contributed by atoms with E-state index in [4.69, 9.17) is 4.74 Å². The Balaban J connectivity index is 0.000000230. The number of halogens is 5. The molecule has 0 atom stereocenters. The second-order valence-corrected chi connectivity index (χ2v) is 9.76. The first-order valence-electron chi connectivity index (χ1n) is 9.12. The van der Waals surface area contributed by atoms with Gasteiger partial charge in [0.1, 0.15) is 4.90 Å². The lowest BCUT2D eigenvalue weighted by atomic mass is 9.95. The summed E-state index contributed by atoms with van der Waals surface area (Å²) >= 11 is 0. The van der Waals surface area contributed by atoms with Crippen LogP contribution in [0.5, 0.6) is 0 Å². The Kier molecular flexibility index (Phi) is 6.20. The lowest BCUT2D eigenvalue weighted by Crippen LogP contribution is -2.42. The number of anilines is 1. The first-order chi connectivity index (χ1) is 13.2. The minimum atomic E-state index is -9.74. The molecule has 2 aliphatic rings. The Morgan fingerprint density at radius 1 is 1.14 bits per heavy atom. The molecule has 29 heavy (non-hydrogen) atoms. The van der Waals surface area contributed by atoms with Gasteiger partial charge in [0.2, 0.25) is 0 Å². The van der Waals surface area contributed by atoms with Gasteiger partial charge in [-0.2, -0.15) is 0 Å². The second kappa shape index (κ2) is 7.59. The standard InChI is InChI=1S/C9H10F5NO2S.C9H17NO/c1-15(9(16)17-2)7-4-3-5-8(6-7)18(10,11,12,13)14;1-11-8-9-4-2-6-10(9)7-3-5-9/h3-6H,1-2H3;2-8H2,1H3. The number of fused-ring (bicyclic) bond motifs is 1. The fourth-order valence-electron chi connectivity index (χ4n) is 3.90. The van der Waals surface area contributed by atoms with Gasteiger partial charge in [-0.05, 0) is 57.0 Å². The number of carbonyl (C=O) groups excluding carboxylic acids is 1. The summed E-state index contributed by atoms with van der Waals surface area (Å²) < 4.78 is 72.3. The van der Waals surface area contributed by atoms with Crippen molar-refractivity contribution in [2.45, 2.75) is 36.1 Å². The summed E-state index contributed by atoms with van der Waals surface area (Å²) in [7, 11) is -5.79. The average Bonchev–Trinajstić information content (AvgIpc) is 3.19. The van der Waals surface area contributed by atoms with Gasteiger partial charge in [0.15, 0.2) is 0 Å². The van der Waals surface area contributed by atoms with Gasteiger partial charge in [0.05, 0.1) is 13.7 Å². The smallest absolute Gasteiger partial charge is 0.413 e. The molecule has 0 bridgehead atoms. The van der Waals surface area contributed by atoms with E-state index in [1.807, 2.05) is 7.11 Å². The summed E-state index contributed by atoms with van der Waals surface area (Å²) in [5, 5.41) is 0. The van der Waals surface area contributed by atoms with Crippen LogP contribution in [0.3, 0.4) is 0 Å². The van der Waals surface area contributed by atoms with Crippen LogP contribution in [0.4, 0.5) is 29.9 Å². The van der Waals surface area contributed by atoms with E-state index >= 15 is 0 Å². The zero-order chi connectivity index (χ0) is 22.0. The summed E-state index contributed by atoms with van der Waals surface area (Å²) in [4.78, 5) is 12.3. The molecule has 168 valence electrons. The van der Waals surface area contributed by atoms with Crippen molar-refractivity contribution in [1.29, 1.82) is 0 Å². The van der Waals surface area contributed by atoms with Gasteiger partial charge in [-0.3, -0.25) is 9.80 Å². The maximum atomic E-state index is 12.5. The maximum absolute atomic E-state index is 12.5. The summed E-state index contributed by atoms with van der Waals surface area (Å²) in [5.41, 5.74) is 0.127. The predicted octanol–water partition coefficient (Wildman–Crippen LogP) is 5.81. The van der Waals surface area contributed by atoms with Gasteiger partial charge >= 0.3 is 16.3 Å². The number of methoxy groups -OCH3 is 2. The Morgan fingerprint density at radius 3 is 2.21 bits per heavy atom. The largest absolute Gasteiger partial charge is 0.452 e. The van der Waals surface area contributed by atoms with Crippen molar-refractivity contribution in [3.8, 4) is 0 Å². The molecule has 1 aromatic carbocycles. The summed E-state index contributed by atoms with van der Waals surface area (Å²) in [6.07, 6.45) is 4.52. The molecular formula is C18H27F5N2O3S. The number of nitrogens with zero attached hydrogens (tertiary/aromatic N) is 2. The van der Waals surface area contributed by atoms with Gasteiger partial charge in [0.25, 0.3) is 0 Å². The number of carbonyl (C=O) groups is 1. The minimum Gasteiger partial charge on any atom is -0.452 e. The van der Waals surface area contributed by atoms with E-state index in [0.717, 1.165) is 32.9 Å². The van der Waals surface area contributed by atoms with E-state index in [-0.39, 0.29) is 17.8 Å². The molecular weight excluding hydrogens is 419 g/mol. The van der Waals surface area contributed by atoms with Crippen molar-refractivity contribution >= 4 is 22.0 Å². The third kappa shape index (κ3) is 5.73. The molecule has 0 unspecified atom stereocenters. The van der Waals surface area contributed by atoms with Crippen LogP contribution in [0, 0.1) is 0 Å². The highest BCUT2D eigenvalue weighted by Crippen LogP contribution is 3.02. The minimum absolute atomic E-state index is 0.207. The number of amides is 1. The first-order valence-corrected chi connectivity index (χ1v) is 11.1. The molecule has 11 heteroatoms. The molecule has 2 aliphatic heterocycles. The highest BCUT2D eigenvalue weighted by molar-refractivity contribution is 8.45. The Morgan fingerprint density at radius 2 is 1.72 bits per heavy atom. The summed E-state index contributed by atoms with van der Waals surface area (Å²) in [5.74, 6) is 0. The Bertz CT molecular complexity index is 735. The molecule has 2 fully saturated rings. The normalized spacial score (nSPS) is 20.7. The number of ether oxygens (including phenoxy) is 2.